The lowest BCUT2D eigenvalue weighted by Gasteiger charge is -2.31. The van der Waals surface area contributed by atoms with Gasteiger partial charge < -0.3 is 15.0 Å². The Morgan fingerprint density at radius 3 is 2.32 bits per heavy atom. The Labute approximate surface area is 217 Å². The van der Waals surface area contributed by atoms with Crippen LogP contribution in [0.2, 0.25) is 0 Å². The van der Waals surface area contributed by atoms with Crippen molar-refractivity contribution in [3.63, 3.8) is 0 Å². The lowest BCUT2D eigenvalue weighted by molar-refractivity contribution is -0.142. The quantitative estimate of drug-likeness (QED) is 0.332. The van der Waals surface area contributed by atoms with Gasteiger partial charge in [0.25, 0.3) is 5.91 Å². The van der Waals surface area contributed by atoms with Gasteiger partial charge in [-0.15, -0.1) is 0 Å². The van der Waals surface area contributed by atoms with Crippen molar-refractivity contribution >= 4 is 43.7 Å². The number of benzene rings is 3. The van der Waals surface area contributed by atoms with Crippen molar-refractivity contribution < 1.29 is 14.3 Å². The molecule has 2 amide bonds. The summed E-state index contributed by atoms with van der Waals surface area (Å²) in [5, 5.41) is 2.90. The number of aryl methyl sites for hydroxylation is 1. The Kier molecular flexibility index (Phi) is 9.72. The molecule has 0 aliphatic heterocycles. The molecule has 0 bridgehead atoms. The van der Waals surface area contributed by atoms with Crippen LogP contribution in [0.25, 0.3) is 0 Å². The summed E-state index contributed by atoms with van der Waals surface area (Å²) in [7, 11) is 0. The van der Waals surface area contributed by atoms with Gasteiger partial charge in [0, 0.05) is 28.5 Å². The van der Waals surface area contributed by atoms with Crippen molar-refractivity contribution in [2.45, 2.75) is 32.9 Å². The van der Waals surface area contributed by atoms with Crippen molar-refractivity contribution in [2.24, 2.45) is 0 Å². The molecule has 3 aromatic carbocycles. The number of carbonyl (C=O) groups is 2. The Morgan fingerprint density at radius 1 is 0.971 bits per heavy atom. The average molecular weight is 588 g/mol. The van der Waals surface area contributed by atoms with Gasteiger partial charge in [0.05, 0.1) is 0 Å². The third-order valence-electron chi connectivity index (χ3n) is 5.38. The van der Waals surface area contributed by atoms with E-state index in [2.05, 4.69) is 37.2 Å². The molecule has 0 radical (unpaired) electrons. The van der Waals surface area contributed by atoms with Crippen LogP contribution in [0.5, 0.6) is 5.75 Å². The van der Waals surface area contributed by atoms with Gasteiger partial charge in [0.2, 0.25) is 5.91 Å². The molecule has 0 aromatic heterocycles. The second-order valence-electron chi connectivity index (χ2n) is 7.95. The zero-order chi connectivity index (χ0) is 24.5. The van der Waals surface area contributed by atoms with E-state index in [0.29, 0.717) is 25.3 Å². The first-order valence-electron chi connectivity index (χ1n) is 11.1. The maximum Gasteiger partial charge on any atom is 0.261 e. The zero-order valence-electron chi connectivity index (χ0n) is 19.3. The van der Waals surface area contributed by atoms with Gasteiger partial charge in [0.15, 0.2) is 6.61 Å². The summed E-state index contributed by atoms with van der Waals surface area (Å²) < 4.78 is 7.76. The fourth-order valence-corrected chi connectivity index (χ4v) is 4.08. The lowest BCUT2D eigenvalue weighted by Crippen LogP contribution is -2.51. The van der Waals surface area contributed by atoms with E-state index in [1.165, 1.54) is 0 Å². The lowest BCUT2D eigenvalue weighted by atomic mass is 10.0. The molecule has 0 fully saturated rings. The van der Waals surface area contributed by atoms with Crippen molar-refractivity contribution in [3.8, 4) is 5.75 Å². The highest BCUT2D eigenvalue weighted by Gasteiger charge is 2.30. The van der Waals surface area contributed by atoms with Crippen molar-refractivity contribution in [3.05, 3.63) is 98.4 Å². The molecule has 3 rings (SSSR count). The molecule has 3 aromatic rings. The highest BCUT2D eigenvalue weighted by atomic mass is 79.9. The van der Waals surface area contributed by atoms with Gasteiger partial charge in [-0.25, -0.2) is 0 Å². The summed E-state index contributed by atoms with van der Waals surface area (Å²) in [5.41, 5.74) is 2.93. The summed E-state index contributed by atoms with van der Waals surface area (Å²) in [6.45, 7) is 4.45. The molecule has 5 nitrogen and oxygen atoms in total. The van der Waals surface area contributed by atoms with Crippen LogP contribution in [0.3, 0.4) is 0 Å². The third-order valence-corrected chi connectivity index (χ3v) is 6.80. The average Bonchev–Trinajstić information content (AvgIpc) is 2.84. The number of halogens is 2. The predicted octanol–water partition coefficient (Wildman–Crippen LogP) is 5.68. The highest BCUT2D eigenvalue weighted by Crippen LogP contribution is 2.22. The van der Waals surface area contributed by atoms with E-state index in [1.54, 1.807) is 4.90 Å². The molecule has 0 unspecified atom stereocenters. The van der Waals surface area contributed by atoms with Gasteiger partial charge in [0.1, 0.15) is 11.8 Å². The summed E-state index contributed by atoms with van der Waals surface area (Å²) in [5.74, 6) is 0.169. The van der Waals surface area contributed by atoms with E-state index in [4.69, 9.17) is 4.74 Å². The first-order chi connectivity index (χ1) is 16.4. The van der Waals surface area contributed by atoms with E-state index in [1.807, 2.05) is 86.6 Å². The molecule has 34 heavy (non-hydrogen) atoms. The molecular weight excluding hydrogens is 560 g/mol. The number of hydrogen-bond acceptors (Lipinski definition) is 3. The fraction of sp³-hybridized carbons (Fsp3) is 0.259. The summed E-state index contributed by atoms with van der Waals surface area (Å²) in [6, 6.07) is 22.4. The van der Waals surface area contributed by atoms with E-state index in [-0.39, 0.29) is 18.4 Å². The van der Waals surface area contributed by atoms with Crippen LogP contribution in [0.1, 0.15) is 23.6 Å². The van der Waals surface area contributed by atoms with Crippen LogP contribution in [0.4, 0.5) is 0 Å². The SMILES string of the molecule is CCNC(=O)[C@H](Cc1ccccc1)N(Cc1ccc(Br)cc1)C(=O)COc1ccc(Br)c(C)c1. The number of carbonyl (C=O) groups excluding carboxylic acids is 2. The summed E-state index contributed by atoms with van der Waals surface area (Å²) in [6.07, 6.45) is 0.409. The third kappa shape index (κ3) is 7.43. The number of amides is 2. The van der Waals surface area contributed by atoms with Gasteiger partial charge in [-0.3, -0.25) is 9.59 Å². The number of likely N-dealkylation sites (N-methyl/N-ethyl adjacent to an activating group) is 1. The number of hydrogen-bond donors (Lipinski definition) is 1. The van der Waals surface area contributed by atoms with E-state index < -0.39 is 6.04 Å². The topological polar surface area (TPSA) is 58.6 Å². The highest BCUT2D eigenvalue weighted by molar-refractivity contribution is 9.10. The van der Waals surface area contributed by atoms with Crippen LogP contribution < -0.4 is 10.1 Å². The largest absolute Gasteiger partial charge is 0.484 e. The van der Waals surface area contributed by atoms with Crippen LogP contribution in [-0.4, -0.2) is 35.9 Å². The van der Waals surface area contributed by atoms with Crippen LogP contribution >= 0.6 is 31.9 Å². The van der Waals surface area contributed by atoms with E-state index in [9.17, 15) is 9.59 Å². The van der Waals surface area contributed by atoms with Gasteiger partial charge >= 0.3 is 0 Å². The minimum Gasteiger partial charge on any atom is -0.484 e. The molecule has 7 heteroatoms. The Morgan fingerprint density at radius 2 is 1.68 bits per heavy atom. The van der Waals surface area contributed by atoms with Gasteiger partial charge in [-0.2, -0.15) is 0 Å². The molecule has 0 saturated heterocycles. The molecule has 0 heterocycles. The Bertz CT molecular complexity index is 1100. The van der Waals surface area contributed by atoms with Crippen molar-refractivity contribution in [2.75, 3.05) is 13.2 Å². The fourth-order valence-electron chi connectivity index (χ4n) is 3.57. The minimum atomic E-state index is -0.672. The maximum absolute atomic E-state index is 13.5. The molecule has 1 N–H and O–H groups in total. The first kappa shape index (κ1) is 26.0. The standard InChI is InChI=1S/C27H28Br2N2O3/c1-3-30-27(33)25(16-20-7-5-4-6-8-20)31(17-21-9-11-22(28)12-10-21)26(32)18-34-23-13-14-24(29)19(2)15-23/h4-15,25H,3,16-18H2,1-2H3,(H,30,33)/t25-/m0/s1. The van der Waals surface area contributed by atoms with Crippen molar-refractivity contribution in [1.29, 1.82) is 0 Å². The minimum absolute atomic E-state index is 0.164. The molecule has 0 aliphatic carbocycles. The van der Waals surface area contributed by atoms with E-state index >= 15 is 0 Å². The van der Waals surface area contributed by atoms with Gasteiger partial charge in [-0.1, -0.05) is 74.3 Å². The van der Waals surface area contributed by atoms with Crippen LogP contribution in [-0.2, 0) is 22.6 Å². The Hall–Kier alpha value is -2.64. The van der Waals surface area contributed by atoms with E-state index in [0.717, 1.165) is 25.6 Å². The monoisotopic (exact) mass is 586 g/mol. The van der Waals surface area contributed by atoms with Crippen LogP contribution in [0, 0.1) is 6.92 Å². The van der Waals surface area contributed by atoms with Gasteiger partial charge in [-0.05, 0) is 60.9 Å². The number of rotatable bonds is 10. The summed E-state index contributed by atoms with van der Waals surface area (Å²) >= 11 is 6.93. The normalized spacial score (nSPS) is 11.5. The number of nitrogens with zero attached hydrogens (tertiary/aromatic N) is 1. The molecule has 0 aliphatic rings. The number of nitrogens with one attached hydrogen (secondary N) is 1. The molecule has 178 valence electrons. The second-order valence-corrected chi connectivity index (χ2v) is 9.72. The Balaban J connectivity index is 1.88. The van der Waals surface area contributed by atoms with Crippen LogP contribution in [0.15, 0.2) is 81.7 Å². The number of ether oxygens (including phenoxy) is 1. The second kappa shape index (κ2) is 12.7. The molecular formula is C27H28Br2N2O3. The first-order valence-corrected chi connectivity index (χ1v) is 12.7. The molecule has 0 saturated carbocycles. The predicted molar refractivity (Wildman–Crippen MR) is 142 cm³/mol. The molecule has 0 spiro atoms. The smallest absolute Gasteiger partial charge is 0.261 e. The molecule has 1 atom stereocenters. The maximum atomic E-state index is 13.5. The zero-order valence-corrected chi connectivity index (χ0v) is 22.4. The van der Waals surface area contributed by atoms with Crippen molar-refractivity contribution in [1.82, 2.24) is 10.2 Å². The summed E-state index contributed by atoms with van der Waals surface area (Å²) in [4.78, 5) is 28.2.